The fourth-order valence-electron chi connectivity index (χ4n) is 11.3. The number of nitrogens with one attached hydrogen (secondary N) is 4. The van der Waals surface area contributed by atoms with Gasteiger partial charge < -0.3 is 30.2 Å². The highest BCUT2D eigenvalue weighted by atomic mass is 16.5. The lowest BCUT2D eigenvalue weighted by Crippen LogP contribution is -2.51. The fraction of sp³-hybridized carbons (Fsp3) is 0.609. The summed E-state index contributed by atoms with van der Waals surface area (Å²) in [7, 11) is 1.33. The first-order valence-corrected chi connectivity index (χ1v) is 21.3. The van der Waals surface area contributed by atoms with Gasteiger partial charge in [-0.15, -0.1) is 0 Å². The molecule has 56 heavy (non-hydrogen) atoms. The lowest BCUT2D eigenvalue weighted by molar-refractivity contribution is -0.135. The van der Waals surface area contributed by atoms with E-state index in [1.54, 1.807) is 5.57 Å². The summed E-state index contributed by atoms with van der Waals surface area (Å²) in [5.41, 5.74) is 11.0. The number of aromatic amines is 2. The molecular weight excluding hydrogens is 699 g/mol. The molecular formula is C46H61N7O3. The Balaban J connectivity index is 0.962. The third kappa shape index (κ3) is 6.73. The molecule has 2 aromatic rings. The maximum atomic E-state index is 14.0. The molecule has 2 aromatic heterocycles. The van der Waals surface area contributed by atoms with Crippen LogP contribution in [0.5, 0.6) is 0 Å². The summed E-state index contributed by atoms with van der Waals surface area (Å²) < 4.78 is 4.86. The molecule has 298 valence electrons. The summed E-state index contributed by atoms with van der Waals surface area (Å²) in [6.45, 7) is 14.6. The Labute approximate surface area is 332 Å². The molecule has 0 bridgehead atoms. The molecule has 5 aliphatic carbocycles. The number of methoxy groups -OCH3 is 1. The van der Waals surface area contributed by atoms with E-state index < -0.39 is 12.1 Å². The number of H-pyrrole nitrogens is 2. The first-order chi connectivity index (χ1) is 26.8. The minimum atomic E-state index is -0.667. The van der Waals surface area contributed by atoms with Crippen LogP contribution in [0.25, 0.3) is 11.6 Å². The zero-order valence-electron chi connectivity index (χ0n) is 34.4. The average molecular weight is 760 g/mol. The molecule has 0 radical (unpaired) electrons. The Kier molecular flexibility index (Phi) is 9.37. The van der Waals surface area contributed by atoms with Gasteiger partial charge in [-0.1, -0.05) is 65.8 Å². The number of hydrogen-bond donors (Lipinski definition) is 4. The van der Waals surface area contributed by atoms with E-state index in [2.05, 4.69) is 78.7 Å². The number of carbonyl (C=O) groups excluding carboxylic acids is 2. The summed E-state index contributed by atoms with van der Waals surface area (Å²) in [5.74, 6) is 4.52. The summed E-state index contributed by atoms with van der Waals surface area (Å²) in [5, 5.41) is 6.45. The number of alkyl carbamates (subject to hydrolysis) is 1. The molecule has 7 aliphatic rings. The van der Waals surface area contributed by atoms with Gasteiger partial charge in [-0.25, -0.2) is 14.8 Å². The van der Waals surface area contributed by atoms with Crippen LogP contribution in [0.1, 0.15) is 134 Å². The summed E-state index contributed by atoms with van der Waals surface area (Å²) in [4.78, 5) is 45.5. The molecule has 2 amide bonds. The van der Waals surface area contributed by atoms with Crippen molar-refractivity contribution in [3.63, 3.8) is 0 Å². The molecule has 0 spiro atoms. The summed E-state index contributed by atoms with van der Waals surface area (Å²) in [6, 6.07) is -0.542. The lowest BCUT2D eigenvalue weighted by atomic mass is 9.66. The van der Waals surface area contributed by atoms with Gasteiger partial charge in [0.25, 0.3) is 0 Å². The minimum absolute atomic E-state index is 0.0761. The Morgan fingerprint density at radius 1 is 0.911 bits per heavy atom. The van der Waals surface area contributed by atoms with Gasteiger partial charge in [-0.2, -0.15) is 0 Å². The monoisotopic (exact) mass is 759 g/mol. The molecule has 0 aromatic carbocycles. The summed E-state index contributed by atoms with van der Waals surface area (Å²) in [6.07, 6.45) is 23.4. The second-order valence-electron chi connectivity index (χ2n) is 19.8. The molecule has 4 heterocycles. The third-order valence-corrected chi connectivity index (χ3v) is 14.4. The van der Waals surface area contributed by atoms with E-state index in [-0.39, 0.29) is 23.3 Å². The molecule has 9 rings (SSSR count). The van der Waals surface area contributed by atoms with Crippen molar-refractivity contribution in [3.8, 4) is 0 Å². The Hall–Kier alpha value is -4.18. The van der Waals surface area contributed by atoms with Gasteiger partial charge in [0.05, 0.1) is 36.8 Å². The highest BCUT2D eigenvalue weighted by molar-refractivity contribution is 5.86. The number of carbonyl (C=O) groups is 2. The van der Waals surface area contributed by atoms with E-state index in [0.29, 0.717) is 29.8 Å². The summed E-state index contributed by atoms with van der Waals surface area (Å²) >= 11 is 0. The number of allylic oxidation sites excluding steroid dienone is 9. The second-order valence-corrected chi connectivity index (χ2v) is 19.8. The van der Waals surface area contributed by atoms with Crippen molar-refractivity contribution < 1.29 is 14.3 Å². The predicted octanol–water partition coefficient (Wildman–Crippen LogP) is 8.54. The number of likely N-dealkylation sites (tertiary alicyclic amines) is 1. The van der Waals surface area contributed by atoms with Crippen molar-refractivity contribution in [3.05, 3.63) is 81.5 Å². The van der Waals surface area contributed by atoms with Gasteiger partial charge in [0.1, 0.15) is 17.7 Å². The van der Waals surface area contributed by atoms with Crippen molar-refractivity contribution in [1.82, 2.24) is 35.5 Å². The van der Waals surface area contributed by atoms with Crippen LogP contribution in [-0.4, -0.2) is 63.1 Å². The van der Waals surface area contributed by atoms with Crippen molar-refractivity contribution in [1.29, 1.82) is 0 Å². The van der Waals surface area contributed by atoms with E-state index in [9.17, 15) is 9.59 Å². The number of rotatable bonds is 8. The second kappa shape index (κ2) is 14.0. The molecule has 10 heteroatoms. The smallest absolute Gasteiger partial charge is 0.407 e. The molecule has 10 nitrogen and oxygen atoms in total. The standard InChI is InChI=1S/C46H61N7O3/c1-25(2)40(52-44(55)56-7)43(54)53-24-46(5,6)21-38(53)42-49-34-17-13-29(19-35(34)50-42)30-15-16-31(39-32-14-12-28(32)18-33(30)39)26-8-10-27(11-9-26)37-22-47-41(51-37)36-20-45(3,4)23-48-36/h8,10,15-16,19,22,25,28,32-33,36,38-40,48H,9,11-14,17-18,20-21,23-24H2,1-7H3,(H,47,51)(H,49,50)(H,52,55). The van der Waals surface area contributed by atoms with Gasteiger partial charge in [0.2, 0.25) is 5.91 Å². The van der Waals surface area contributed by atoms with E-state index in [4.69, 9.17) is 14.7 Å². The van der Waals surface area contributed by atoms with Crippen molar-refractivity contribution in [2.45, 2.75) is 117 Å². The first kappa shape index (κ1) is 37.4. The quantitative estimate of drug-likeness (QED) is 0.214. The van der Waals surface area contributed by atoms with Crippen LogP contribution < -0.4 is 10.6 Å². The maximum absolute atomic E-state index is 14.0. The van der Waals surface area contributed by atoms with Crippen molar-refractivity contribution in [2.75, 3.05) is 20.2 Å². The zero-order valence-corrected chi connectivity index (χ0v) is 34.4. The molecule has 2 aliphatic heterocycles. The van der Waals surface area contributed by atoms with Crippen LogP contribution in [-0.2, 0) is 16.0 Å². The number of nitrogens with zero attached hydrogens (tertiary/aromatic N) is 3. The van der Waals surface area contributed by atoms with Gasteiger partial charge in [0, 0.05) is 18.8 Å². The van der Waals surface area contributed by atoms with E-state index in [1.165, 1.54) is 48.7 Å². The number of fused-ring (bicyclic) bond motifs is 4. The maximum Gasteiger partial charge on any atom is 0.407 e. The molecule has 2 saturated heterocycles. The average Bonchev–Trinajstić information content (AvgIpc) is 3.99. The predicted molar refractivity (Wildman–Crippen MR) is 219 cm³/mol. The fourth-order valence-corrected chi connectivity index (χ4v) is 11.3. The van der Waals surface area contributed by atoms with Gasteiger partial charge >= 0.3 is 6.09 Å². The first-order valence-electron chi connectivity index (χ1n) is 21.3. The van der Waals surface area contributed by atoms with Crippen LogP contribution in [0.15, 0.2) is 52.8 Å². The number of imidazole rings is 2. The zero-order chi connectivity index (χ0) is 39.1. The van der Waals surface area contributed by atoms with Crippen LogP contribution in [0.4, 0.5) is 4.79 Å². The normalized spacial score (nSPS) is 30.6. The van der Waals surface area contributed by atoms with E-state index in [1.807, 2.05) is 24.9 Å². The van der Waals surface area contributed by atoms with Crippen LogP contribution >= 0.6 is 0 Å². The molecule has 4 fully saturated rings. The van der Waals surface area contributed by atoms with Gasteiger partial charge in [-0.05, 0) is 132 Å². The number of ether oxygens (including phenoxy) is 1. The number of hydrogen-bond acceptors (Lipinski definition) is 6. The van der Waals surface area contributed by atoms with E-state index in [0.717, 1.165) is 85.6 Å². The van der Waals surface area contributed by atoms with Gasteiger partial charge in [-0.3, -0.25) is 4.79 Å². The molecule has 7 atom stereocenters. The van der Waals surface area contributed by atoms with E-state index >= 15 is 0 Å². The lowest BCUT2D eigenvalue weighted by Gasteiger charge is -2.39. The Morgan fingerprint density at radius 3 is 2.38 bits per heavy atom. The largest absolute Gasteiger partial charge is 0.453 e. The Bertz CT molecular complexity index is 2070. The van der Waals surface area contributed by atoms with Crippen LogP contribution in [0.2, 0.25) is 0 Å². The van der Waals surface area contributed by atoms with Crippen molar-refractivity contribution in [2.24, 2.45) is 40.4 Å². The van der Waals surface area contributed by atoms with Gasteiger partial charge in [0.15, 0.2) is 0 Å². The number of aryl methyl sites for hydroxylation is 1. The Morgan fingerprint density at radius 2 is 1.68 bits per heavy atom. The van der Waals surface area contributed by atoms with Crippen LogP contribution in [0.3, 0.4) is 0 Å². The highest BCUT2D eigenvalue weighted by Gasteiger charge is 2.52. The molecule has 2 saturated carbocycles. The van der Waals surface area contributed by atoms with Crippen LogP contribution in [0, 0.1) is 40.4 Å². The number of aromatic nitrogens is 4. The highest BCUT2D eigenvalue weighted by Crippen LogP contribution is 2.61. The molecule has 7 unspecified atom stereocenters. The molecule has 4 N–H and O–H groups in total. The third-order valence-electron chi connectivity index (χ3n) is 14.4. The SMILES string of the molecule is COC(=O)NC(C(=O)N1CC(C)(C)CC1c1nc2c([nH]1)CCC(C1=CC=C(C3=CC=C(c4cnc(C5CC(C)(C)CN5)[nH]4)CC3)C3C1CC1CCC13)=C2)C(C)C. The van der Waals surface area contributed by atoms with Crippen molar-refractivity contribution >= 4 is 23.6 Å². The minimum Gasteiger partial charge on any atom is -0.453 e. The number of amides is 2. The topological polar surface area (TPSA) is 128 Å².